The predicted octanol–water partition coefficient (Wildman–Crippen LogP) is 3.39. The fraction of sp³-hybridized carbons (Fsp3) is 0.400. The highest BCUT2D eigenvalue weighted by Gasteiger charge is 2.25. The van der Waals surface area contributed by atoms with Gasteiger partial charge < -0.3 is 4.74 Å². The molecule has 1 aliphatic carbocycles. The van der Waals surface area contributed by atoms with E-state index in [2.05, 4.69) is 19.1 Å². The van der Waals surface area contributed by atoms with Gasteiger partial charge in [-0.15, -0.1) is 0 Å². The summed E-state index contributed by atoms with van der Waals surface area (Å²) < 4.78 is 5.56. The average molecular weight is 228 g/mol. The number of Topliss-reactive ketones (excluding diaryl/α,β-unsaturated/α-hetero) is 1. The fourth-order valence-corrected chi connectivity index (χ4v) is 2.68. The van der Waals surface area contributed by atoms with Crippen LogP contribution >= 0.6 is 0 Å². The molecule has 0 fully saturated rings. The lowest BCUT2D eigenvalue weighted by Gasteiger charge is -2.14. The van der Waals surface area contributed by atoms with Gasteiger partial charge in [-0.05, 0) is 44.2 Å². The molecule has 2 aliphatic rings. The average Bonchev–Trinajstić information content (AvgIpc) is 2.65. The minimum absolute atomic E-state index is 0.116. The summed E-state index contributed by atoms with van der Waals surface area (Å²) in [7, 11) is 0. The van der Waals surface area contributed by atoms with Crippen molar-refractivity contribution in [3.05, 3.63) is 34.4 Å². The molecule has 0 saturated heterocycles. The van der Waals surface area contributed by atoms with Crippen LogP contribution in [0.5, 0.6) is 5.75 Å². The van der Waals surface area contributed by atoms with Gasteiger partial charge in [0.05, 0.1) is 5.56 Å². The Morgan fingerprint density at radius 2 is 2.00 bits per heavy atom. The first-order valence-electron chi connectivity index (χ1n) is 6.25. The molecule has 0 amide bonds. The van der Waals surface area contributed by atoms with E-state index < -0.39 is 0 Å². The monoisotopic (exact) mass is 228 g/mol. The van der Waals surface area contributed by atoms with E-state index in [4.69, 9.17) is 4.74 Å². The summed E-state index contributed by atoms with van der Waals surface area (Å²) in [5.41, 5.74) is 4.65. The van der Waals surface area contributed by atoms with Crippen LogP contribution in [0.1, 0.15) is 47.7 Å². The third kappa shape index (κ3) is 1.78. The van der Waals surface area contributed by atoms with Crippen LogP contribution < -0.4 is 4.74 Å². The largest absolute Gasteiger partial charge is 0.484 e. The first-order chi connectivity index (χ1) is 8.25. The van der Waals surface area contributed by atoms with Gasteiger partial charge in [0.15, 0.2) is 6.61 Å². The van der Waals surface area contributed by atoms with Crippen LogP contribution in [-0.4, -0.2) is 12.4 Å². The Kier molecular flexibility index (Phi) is 2.50. The molecule has 2 heteroatoms. The summed E-state index contributed by atoms with van der Waals surface area (Å²) in [5, 5.41) is 0. The SMILES string of the molecule is C/C1=C/c2ccc3c(c2CCCC1)OCC3=O. The maximum atomic E-state index is 11.6. The molecule has 0 saturated carbocycles. The van der Waals surface area contributed by atoms with E-state index >= 15 is 0 Å². The van der Waals surface area contributed by atoms with Crippen LogP contribution in [0.15, 0.2) is 17.7 Å². The highest BCUT2D eigenvalue weighted by atomic mass is 16.5. The smallest absolute Gasteiger partial charge is 0.203 e. The number of hydrogen-bond acceptors (Lipinski definition) is 2. The first-order valence-corrected chi connectivity index (χ1v) is 6.25. The molecule has 1 heterocycles. The number of allylic oxidation sites excluding steroid dienone is 1. The van der Waals surface area contributed by atoms with Crippen LogP contribution in [-0.2, 0) is 6.42 Å². The van der Waals surface area contributed by atoms with Gasteiger partial charge in [-0.25, -0.2) is 0 Å². The summed E-state index contributed by atoms with van der Waals surface area (Å²) in [4.78, 5) is 11.6. The Hall–Kier alpha value is -1.57. The minimum atomic E-state index is 0.116. The zero-order valence-electron chi connectivity index (χ0n) is 10.1. The number of hydrogen-bond donors (Lipinski definition) is 0. The molecule has 0 spiro atoms. The molecule has 88 valence electrons. The van der Waals surface area contributed by atoms with Crippen LogP contribution in [0.2, 0.25) is 0 Å². The summed E-state index contributed by atoms with van der Waals surface area (Å²) in [6.07, 6.45) is 6.83. The predicted molar refractivity (Wildman–Crippen MR) is 67.5 cm³/mol. The molecule has 1 aliphatic heterocycles. The quantitative estimate of drug-likeness (QED) is 0.680. The number of carbonyl (C=O) groups excluding carboxylic acids is 1. The second kappa shape index (κ2) is 4.02. The highest BCUT2D eigenvalue weighted by molar-refractivity contribution is 6.03. The molecule has 3 rings (SSSR count). The van der Waals surface area contributed by atoms with E-state index in [1.165, 1.54) is 36.0 Å². The lowest BCUT2D eigenvalue weighted by atomic mass is 9.92. The zero-order chi connectivity index (χ0) is 11.8. The van der Waals surface area contributed by atoms with E-state index in [0.717, 1.165) is 17.7 Å². The number of benzene rings is 1. The highest BCUT2D eigenvalue weighted by Crippen LogP contribution is 2.35. The Morgan fingerprint density at radius 3 is 2.88 bits per heavy atom. The van der Waals surface area contributed by atoms with Gasteiger partial charge in [0, 0.05) is 5.56 Å². The second-order valence-corrected chi connectivity index (χ2v) is 4.92. The van der Waals surface area contributed by atoms with Crippen molar-refractivity contribution >= 4 is 11.9 Å². The van der Waals surface area contributed by atoms with Crippen molar-refractivity contribution in [2.45, 2.75) is 32.6 Å². The van der Waals surface area contributed by atoms with Gasteiger partial charge in [0.25, 0.3) is 0 Å². The third-order valence-electron chi connectivity index (χ3n) is 3.59. The third-order valence-corrected chi connectivity index (χ3v) is 3.59. The van der Waals surface area contributed by atoms with E-state index in [1.807, 2.05) is 6.07 Å². The summed E-state index contributed by atoms with van der Waals surface area (Å²) in [6, 6.07) is 3.98. The van der Waals surface area contributed by atoms with Gasteiger partial charge in [-0.2, -0.15) is 0 Å². The summed E-state index contributed by atoms with van der Waals surface area (Å²) in [5.74, 6) is 0.962. The molecule has 0 aromatic heterocycles. The maximum Gasteiger partial charge on any atom is 0.203 e. The fourth-order valence-electron chi connectivity index (χ4n) is 2.68. The van der Waals surface area contributed by atoms with Gasteiger partial charge >= 0.3 is 0 Å². The van der Waals surface area contributed by atoms with Crippen molar-refractivity contribution < 1.29 is 9.53 Å². The molecule has 0 radical (unpaired) electrons. The number of ether oxygens (including phenoxy) is 1. The van der Waals surface area contributed by atoms with Crippen LogP contribution in [0.25, 0.3) is 6.08 Å². The molecule has 1 aromatic carbocycles. The van der Waals surface area contributed by atoms with Gasteiger partial charge in [-0.3, -0.25) is 4.79 Å². The second-order valence-electron chi connectivity index (χ2n) is 4.92. The molecular formula is C15H16O2. The number of rotatable bonds is 0. The lowest BCUT2D eigenvalue weighted by molar-refractivity contribution is 0.0961. The number of fused-ring (bicyclic) bond motifs is 3. The lowest BCUT2D eigenvalue weighted by Crippen LogP contribution is -1.98. The molecule has 0 N–H and O–H groups in total. The van der Waals surface area contributed by atoms with Crippen molar-refractivity contribution in [3.63, 3.8) is 0 Å². The minimum Gasteiger partial charge on any atom is -0.484 e. The molecule has 0 bridgehead atoms. The Labute approximate surface area is 101 Å². The number of ketones is 1. The number of carbonyl (C=O) groups is 1. The summed E-state index contributed by atoms with van der Waals surface area (Å²) in [6.45, 7) is 2.39. The van der Waals surface area contributed by atoms with Gasteiger partial charge in [-0.1, -0.05) is 17.7 Å². The summed E-state index contributed by atoms with van der Waals surface area (Å²) >= 11 is 0. The molecular weight excluding hydrogens is 212 g/mol. The van der Waals surface area contributed by atoms with Crippen molar-refractivity contribution in [1.29, 1.82) is 0 Å². The standard InChI is InChI=1S/C15H16O2/c1-10-4-2-3-5-12-11(8-10)6-7-13-14(16)9-17-15(12)13/h6-8H,2-5,9H2,1H3/b10-8-. The Morgan fingerprint density at radius 1 is 1.18 bits per heavy atom. The normalized spacial score (nSPS) is 21.7. The van der Waals surface area contributed by atoms with Crippen LogP contribution in [0.4, 0.5) is 0 Å². The molecule has 1 aromatic rings. The van der Waals surface area contributed by atoms with E-state index in [0.29, 0.717) is 0 Å². The van der Waals surface area contributed by atoms with Crippen molar-refractivity contribution in [1.82, 2.24) is 0 Å². The molecule has 2 nitrogen and oxygen atoms in total. The van der Waals surface area contributed by atoms with E-state index in [1.54, 1.807) is 0 Å². The van der Waals surface area contributed by atoms with Crippen molar-refractivity contribution in [3.8, 4) is 5.75 Å². The molecule has 0 unspecified atom stereocenters. The van der Waals surface area contributed by atoms with Crippen molar-refractivity contribution in [2.24, 2.45) is 0 Å². The van der Waals surface area contributed by atoms with E-state index in [9.17, 15) is 4.79 Å². The van der Waals surface area contributed by atoms with Gasteiger partial charge in [0.2, 0.25) is 5.78 Å². The first kappa shape index (κ1) is 10.6. The molecule has 17 heavy (non-hydrogen) atoms. The van der Waals surface area contributed by atoms with E-state index in [-0.39, 0.29) is 12.4 Å². The topological polar surface area (TPSA) is 26.3 Å². The van der Waals surface area contributed by atoms with Gasteiger partial charge in [0.1, 0.15) is 5.75 Å². The Balaban J connectivity index is 2.16. The van der Waals surface area contributed by atoms with Crippen LogP contribution in [0.3, 0.4) is 0 Å². The zero-order valence-corrected chi connectivity index (χ0v) is 10.1. The van der Waals surface area contributed by atoms with Crippen LogP contribution in [0, 0.1) is 0 Å². The molecule has 0 atom stereocenters. The Bertz CT molecular complexity index is 512. The maximum absolute atomic E-state index is 11.6. The van der Waals surface area contributed by atoms with Crippen molar-refractivity contribution in [2.75, 3.05) is 6.61 Å².